The first-order valence-corrected chi connectivity index (χ1v) is 9.88. The van der Waals surface area contributed by atoms with Crippen molar-refractivity contribution in [2.24, 2.45) is 5.92 Å². The van der Waals surface area contributed by atoms with Gasteiger partial charge < -0.3 is 19.5 Å². The van der Waals surface area contributed by atoms with E-state index in [1.807, 2.05) is 45.0 Å². The van der Waals surface area contributed by atoms with Crippen molar-refractivity contribution in [1.82, 2.24) is 10.3 Å². The van der Waals surface area contributed by atoms with Crippen molar-refractivity contribution in [2.75, 3.05) is 13.7 Å². The van der Waals surface area contributed by atoms with Crippen LogP contribution in [0.3, 0.4) is 0 Å². The van der Waals surface area contributed by atoms with Gasteiger partial charge in [-0.25, -0.2) is 4.79 Å². The van der Waals surface area contributed by atoms with Crippen molar-refractivity contribution < 1.29 is 19.0 Å². The van der Waals surface area contributed by atoms with Gasteiger partial charge in [-0.1, -0.05) is 0 Å². The number of rotatable bonds is 5. The van der Waals surface area contributed by atoms with E-state index in [0.717, 1.165) is 48.1 Å². The number of aromatic nitrogens is 1. The number of carbonyl (C=O) groups excluding carboxylic acids is 1. The lowest BCUT2D eigenvalue weighted by molar-refractivity contribution is 0.0531. The molecule has 28 heavy (non-hydrogen) atoms. The van der Waals surface area contributed by atoms with Gasteiger partial charge in [0.25, 0.3) is 0 Å². The number of carbonyl (C=O) groups is 1. The number of ether oxygens (including phenoxy) is 3. The summed E-state index contributed by atoms with van der Waals surface area (Å²) in [6.45, 7) is 6.49. The molecule has 1 aromatic carbocycles. The third-order valence-corrected chi connectivity index (χ3v) is 4.93. The Kier molecular flexibility index (Phi) is 6.27. The Morgan fingerprint density at radius 1 is 1.18 bits per heavy atom. The fourth-order valence-electron chi connectivity index (χ4n) is 3.46. The highest BCUT2D eigenvalue weighted by Crippen LogP contribution is 2.30. The standard InChI is InChI=1S/C22H30N2O4/c1-22(2,3)24-21(25)28-16-7-5-15(6-8-16)14-27-20-11-12-23-19-10-9-17(26-4)13-18(19)20/h9-13,15-16H,5-8,14H2,1-4H3,(H,24,25). The highest BCUT2D eigenvalue weighted by molar-refractivity contribution is 5.86. The molecule has 0 spiro atoms. The third kappa shape index (κ3) is 5.50. The minimum absolute atomic E-state index is 0.00961. The smallest absolute Gasteiger partial charge is 0.407 e. The molecule has 1 N–H and O–H groups in total. The summed E-state index contributed by atoms with van der Waals surface area (Å²) in [5, 5.41) is 3.80. The van der Waals surface area contributed by atoms with Gasteiger partial charge in [0.1, 0.15) is 17.6 Å². The Labute approximate surface area is 166 Å². The minimum Gasteiger partial charge on any atom is -0.497 e. The summed E-state index contributed by atoms with van der Waals surface area (Å²) in [5.74, 6) is 2.07. The zero-order valence-electron chi connectivity index (χ0n) is 17.2. The van der Waals surface area contributed by atoms with Crippen LogP contribution in [0.2, 0.25) is 0 Å². The molecule has 6 nitrogen and oxygen atoms in total. The van der Waals surface area contributed by atoms with Gasteiger partial charge in [-0.3, -0.25) is 4.98 Å². The molecule has 152 valence electrons. The number of alkyl carbamates (subject to hydrolysis) is 1. The summed E-state index contributed by atoms with van der Waals surface area (Å²) in [6.07, 6.45) is 5.14. The quantitative estimate of drug-likeness (QED) is 0.806. The number of nitrogens with zero attached hydrogens (tertiary/aromatic N) is 1. The predicted octanol–water partition coefficient (Wildman–Crippen LogP) is 4.71. The van der Waals surface area contributed by atoms with E-state index in [9.17, 15) is 4.79 Å². The Hall–Kier alpha value is -2.50. The van der Waals surface area contributed by atoms with Crippen LogP contribution in [0.25, 0.3) is 10.9 Å². The van der Waals surface area contributed by atoms with E-state index < -0.39 is 0 Å². The molecule has 1 aliphatic rings. The van der Waals surface area contributed by atoms with E-state index in [1.54, 1.807) is 13.3 Å². The van der Waals surface area contributed by atoms with E-state index in [1.165, 1.54) is 0 Å². The Morgan fingerprint density at radius 3 is 2.61 bits per heavy atom. The van der Waals surface area contributed by atoms with Gasteiger partial charge in [0.05, 0.1) is 19.2 Å². The lowest BCUT2D eigenvalue weighted by atomic mass is 9.88. The molecule has 0 bridgehead atoms. The second-order valence-electron chi connectivity index (χ2n) is 8.43. The van der Waals surface area contributed by atoms with Crippen LogP contribution in [0.4, 0.5) is 4.79 Å². The molecule has 2 aromatic rings. The SMILES string of the molecule is COc1ccc2nccc(OCC3CCC(OC(=O)NC(C)(C)C)CC3)c2c1. The normalized spacial score (nSPS) is 19.9. The summed E-state index contributed by atoms with van der Waals surface area (Å²) in [5.41, 5.74) is 0.609. The van der Waals surface area contributed by atoms with Crippen molar-refractivity contribution in [3.05, 3.63) is 30.5 Å². The van der Waals surface area contributed by atoms with Crippen LogP contribution in [0.5, 0.6) is 11.5 Å². The van der Waals surface area contributed by atoms with Crippen LogP contribution in [0.1, 0.15) is 46.5 Å². The summed E-state index contributed by atoms with van der Waals surface area (Å²) in [6, 6.07) is 7.69. The first kappa shape index (κ1) is 20.2. The third-order valence-electron chi connectivity index (χ3n) is 4.93. The number of hydrogen-bond acceptors (Lipinski definition) is 5. The van der Waals surface area contributed by atoms with E-state index in [2.05, 4.69) is 10.3 Å². The summed E-state index contributed by atoms with van der Waals surface area (Å²) < 4.78 is 17.0. The van der Waals surface area contributed by atoms with Gasteiger partial charge in [-0.05, 0) is 76.6 Å². The van der Waals surface area contributed by atoms with Crippen molar-refractivity contribution in [2.45, 2.75) is 58.1 Å². The fourth-order valence-corrected chi connectivity index (χ4v) is 3.46. The monoisotopic (exact) mass is 386 g/mol. The number of pyridine rings is 1. The number of nitrogens with one attached hydrogen (secondary N) is 1. The van der Waals surface area contributed by atoms with E-state index in [4.69, 9.17) is 14.2 Å². The second-order valence-corrected chi connectivity index (χ2v) is 8.43. The molecule has 1 aliphatic carbocycles. The van der Waals surface area contributed by atoms with Crippen molar-refractivity contribution in [1.29, 1.82) is 0 Å². The van der Waals surface area contributed by atoms with Crippen molar-refractivity contribution >= 4 is 17.0 Å². The largest absolute Gasteiger partial charge is 0.497 e. The van der Waals surface area contributed by atoms with Crippen molar-refractivity contribution in [3.63, 3.8) is 0 Å². The minimum atomic E-state index is -0.329. The lowest BCUT2D eigenvalue weighted by Gasteiger charge is -2.29. The first-order valence-electron chi connectivity index (χ1n) is 9.88. The van der Waals surface area contributed by atoms with Crippen molar-refractivity contribution in [3.8, 4) is 11.5 Å². The van der Waals surface area contributed by atoms with Gasteiger partial charge in [0.2, 0.25) is 0 Å². The number of hydrogen-bond donors (Lipinski definition) is 1. The highest BCUT2D eigenvalue weighted by Gasteiger charge is 2.25. The number of benzene rings is 1. The molecule has 1 saturated carbocycles. The number of amides is 1. The summed E-state index contributed by atoms with van der Waals surface area (Å²) >= 11 is 0. The van der Waals surface area contributed by atoms with Crippen LogP contribution >= 0.6 is 0 Å². The van der Waals surface area contributed by atoms with Gasteiger partial charge in [0.15, 0.2) is 0 Å². The van der Waals surface area contributed by atoms with E-state index in [0.29, 0.717) is 12.5 Å². The maximum atomic E-state index is 11.9. The first-order chi connectivity index (χ1) is 13.3. The summed E-state index contributed by atoms with van der Waals surface area (Å²) in [4.78, 5) is 16.3. The van der Waals surface area contributed by atoms with Crippen LogP contribution in [-0.2, 0) is 4.74 Å². The molecule has 0 radical (unpaired) electrons. The zero-order valence-corrected chi connectivity index (χ0v) is 17.2. The van der Waals surface area contributed by atoms with Gasteiger partial charge in [0, 0.05) is 17.1 Å². The molecule has 1 aromatic heterocycles. The molecule has 3 rings (SSSR count). The second kappa shape index (κ2) is 8.67. The van der Waals surface area contributed by atoms with E-state index in [-0.39, 0.29) is 17.7 Å². The average Bonchev–Trinajstić information content (AvgIpc) is 2.65. The van der Waals surface area contributed by atoms with Crippen LogP contribution in [-0.4, -0.2) is 36.4 Å². The molecule has 0 aliphatic heterocycles. The molecule has 1 fully saturated rings. The maximum absolute atomic E-state index is 11.9. The zero-order chi connectivity index (χ0) is 20.1. The number of methoxy groups -OCH3 is 1. The van der Waals surface area contributed by atoms with E-state index >= 15 is 0 Å². The van der Waals surface area contributed by atoms with Gasteiger partial charge in [-0.2, -0.15) is 0 Å². The number of fused-ring (bicyclic) bond motifs is 1. The molecule has 0 atom stereocenters. The van der Waals surface area contributed by atoms with Crippen LogP contribution < -0.4 is 14.8 Å². The highest BCUT2D eigenvalue weighted by atomic mass is 16.6. The fraction of sp³-hybridized carbons (Fsp3) is 0.545. The van der Waals surface area contributed by atoms with Crippen LogP contribution in [0.15, 0.2) is 30.5 Å². The lowest BCUT2D eigenvalue weighted by Crippen LogP contribution is -2.42. The molecular formula is C22H30N2O4. The predicted molar refractivity (Wildman–Crippen MR) is 109 cm³/mol. The topological polar surface area (TPSA) is 69.7 Å². The Bertz CT molecular complexity index is 808. The molecule has 0 unspecified atom stereocenters. The molecule has 1 amide bonds. The van der Waals surface area contributed by atoms with Gasteiger partial charge in [-0.15, -0.1) is 0 Å². The maximum Gasteiger partial charge on any atom is 0.407 e. The van der Waals surface area contributed by atoms with Gasteiger partial charge >= 0.3 is 6.09 Å². The average molecular weight is 386 g/mol. The molecule has 0 saturated heterocycles. The van der Waals surface area contributed by atoms with Crippen LogP contribution in [0, 0.1) is 5.92 Å². The molecular weight excluding hydrogens is 356 g/mol. The summed E-state index contributed by atoms with van der Waals surface area (Å²) in [7, 11) is 1.65. The Balaban J connectivity index is 1.51. The molecule has 1 heterocycles. The Morgan fingerprint density at radius 2 is 1.93 bits per heavy atom. The molecule has 6 heteroatoms.